The molecule has 0 heterocycles. The van der Waals surface area contributed by atoms with Crippen molar-refractivity contribution in [1.82, 2.24) is 5.32 Å². The lowest BCUT2D eigenvalue weighted by Crippen LogP contribution is -2.32. The Morgan fingerprint density at radius 3 is 2.48 bits per heavy atom. The number of non-ortho nitro benzene ring substituents is 1. The van der Waals surface area contributed by atoms with E-state index in [0.29, 0.717) is 23.6 Å². The minimum Gasteiger partial charge on any atom is -0.489 e. The molecule has 0 unspecified atom stereocenters. The standard InChI is InChI=1S/C23H19N3O4S/c27-22(14-11-17-9-12-20(13-10-17)26(28)29)25-23(31)24-19-7-4-8-21(15-19)30-16-18-5-2-1-3-6-18/h1-15H,16H2,(H2,24,25,27,31)/b14-11+. The first kappa shape index (κ1) is 21.7. The summed E-state index contributed by atoms with van der Waals surface area (Å²) in [5.41, 5.74) is 2.38. The van der Waals surface area contributed by atoms with Crippen LogP contribution in [0.1, 0.15) is 11.1 Å². The Morgan fingerprint density at radius 1 is 1.03 bits per heavy atom. The minimum atomic E-state index is -0.480. The van der Waals surface area contributed by atoms with Crippen molar-refractivity contribution in [2.24, 2.45) is 0 Å². The summed E-state index contributed by atoms with van der Waals surface area (Å²) in [6.07, 6.45) is 2.84. The zero-order valence-electron chi connectivity index (χ0n) is 16.4. The van der Waals surface area contributed by atoms with Gasteiger partial charge in [-0.15, -0.1) is 0 Å². The van der Waals surface area contributed by atoms with Crippen molar-refractivity contribution in [2.45, 2.75) is 6.61 Å². The van der Waals surface area contributed by atoms with Crippen LogP contribution >= 0.6 is 12.2 Å². The Labute approximate surface area is 184 Å². The highest BCUT2D eigenvalue weighted by atomic mass is 32.1. The normalized spacial score (nSPS) is 10.5. The lowest BCUT2D eigenvalue weighted by atomic mass is 10.2. The van der Waals surface area contributed by atoms with Crippen LogP contribution in [0.2, 0.25) is 0 Å². The molecule has 0 bridgehead atoms. The van der Waals surface area contributed by atoms with Gasteiger partial charge in [-0.2, -0.15) is 0 Å². The number of nitro groups is 1. The van der Waals surface area contributed by atoms with Gasteiger partial charge in [0.1, 0.15) is 12.4 Å². The fourth-order valence-corrected chi connectivity index (χ4v) is 2.82. The summed E-state index contributed by atoms with van der Waals surface area (Å²) in [6, 6.07) is 22.9. The molecule has 0 radical (unpaired) electrons. The highest BCUT2D eigenvalue weighted by molar-refractivity contribution is 7.80. The van der Waals surface area contributed by atoms with Gasteiger partial charge in [0.05, 0.1) is 4.92 Å². The van der Waals surface area contributed by atoms with Crippen LogP contribution in [0, 0.1) is 10.1 Å². The molecule has 0 aliphatic carbocycles. The molecule has 1 amide bonds. The maximum absolute atomic E-state index is 12.1. The van der Waals surface area contributed by atoms with Gasteiger partial charge >= 0.3 is 0 Å². The van der Waals surface area contributed by atoms with Gasteiger partial charge in [-0.25, -0.2) is 0 Å². The number of amides is 1. The van der Waals surface area contributed by atoms with E-state index in [4.69, 9.17) is 17.0 Å². The molecule has 3 aromatic carbocycles. The van der Waals surface area contributed by atoms with Crippen molar-refractivity contribution in [3.05, 3.63) is 106 Å². The number of hydrogen-bond donors (Lipinski definition) is 2. The van der Waals surface area contributed by atoms with E-state index < -0.39 is 10.8 Å². The van der Waals surface area contributed by atoms with Crippen LogP contribution < -0.4 is 15.4 Å². The second-order valence-corrected chi connectivity index (χ2v) is 6.84. The van der Waals surface area contributed by atoms with E-state index in [9.17, 15) is 14.9 Å². The van der Waals surface area contributed by atoms with Gasteiger partial charge < -0.3 is 10.1 Å². The summed E-state index contributed by atoms with van der Waals surface area (Å²) < 4.78 is 5.78. The van der Waals surface area contributed by atoms with Gasteiger partial charge in [0.25, 0.3) is 5.69 Å². The molecule has 31 heavy (non-hydrogen) atoms. The Hall–Kier alpha value is -4.04. The number of nitrogens with zero attached hydrogens (tertiary/aromatic N) is 1. The molecule has 3 rings (SSSR count). The molecular formula is C23H19N3O4S. The molecule has 0 saturated heterocycles. The quantitative estimate of drug-likeness (QED) is 0.243. The molecule has 0 saturated carbocycles. The van der Waals surface area contributed by atoms with Crippen LogP contribution in [0.25, 0.3) is 6.08 Å². The predicted octanol–water partition coefficient (Wildman–Crippen LogP) is 4.70. The molecule has 0 aromatic heterocycles. The maximum atomic E-state index is 12.1. The van der Waals surface area contributed by atoms with Crippen molar-refractivity contribution in [2.75, 3.05) is 5.32 Å². The second-order valence-electron chi connectivity index (χ2n) is 6.43. The first-order valence-corrected chi connectivity index (χ1v) is 9.72. The topological polar surface area (TPSA) is 93.5 Å². The molecule has 0 fully saturated rings. The maximum Gasteiger partial charge on any atom is 0.269 e. The van der Waals surface area contributed by atoms with Crippen LogP contribution in [-0.2, 0) is 11.4 Å². The van der Waals surface area contributed by atoms with Gasteiger partial charge in [0.2, 0.25) is 5.91 Å². The van der Waals surface area contributed by atoms with E-state index in [0.717, 1.165) is 5.56 Å². The van der Waals surface area contributed by atoms with Gasteiger partial charge in [0, 0.05) is 30.0 Å². The van der Waals surface area contributed by atoms with Crippen LogP contribution in [0.3, 0.4) is 0 Å². The number of anilines is 1. The number of rotatable bonds is 7. The third-order valence-electron chi connectivity index (χ3n) is 4.11. The number of carbonyl (C=O) groups excluding carboxylic acids is 1. The summed E-state index contributed by atoms with van der Waals surface area (Å²) in [7, 11) is 0. The molecule has 7 nitrogen and oxygen atoms in total. The van der Waals surface area contributed by atoms with Crippen molar-refractivity contribution in [1.29, 1.82) is 0 Å². The average molecular weight is 433 g/mol. The van der Waals surface area contributed by atoms with E-state index in [1.165, 1.54) is 18.2 Å². The molecule has 0 atom stereocenters. The Morgan fingerprint density at radius 2 is 1.77 bits per heavy atom. The van der Waals surface area contributed by atoms with Crippen molar-refractivity contribution >= 4 is 40.7 Å². The third-order valence-corrected chi connectivity index (χ3v) is 4.31. The van der Waals surface area contributed by atoms with Crippen molar-refractivity contribution < 1.29 is 14.5 Å². The number of nitro benzene ring substituents is 1. The second kappa shape index (κ2) is 10.7. The van der Waals surface area contributed by atoms with E-state index >= 15 is 0 Å². The molecule has 0 spiro atoms. The zero-order chi connectivity index (χ0) is 22.1. The number of ether oxygens (including phenoxy) is 1. The van der Waals surface area contributed by atoms with E-state index in [-0.39, 0.29) is 10.8 Å². The average Bonchev–Trinajstić information content (AvgIpc) is 2.77. The number of thiocarbonyl (C=S) groups is 1. The molecule has 0 aliphatic heterocycles. The monoisotopic (exact) mass is 433 g/mol. The number of hydrogen-bond acceptors (Lipinski definition) is 5. The summed E-state index contributed by atoms with van der Waals surface area (Å²) >= 11 is 5.18. The number of benzene rings is 3. The van der Waals surface area contributed by atoms with E-state index in [1.54, 1.807) is 30.3 Å². The molecule has 0 aliphatic rings. The Balaban J connectivity index is 1.50. The fourth-order valence-electron chi connectivity index (χ4n) is 2.60. The minimum absolute atomic E-state index is 0.0121. The highest BCUT2D eigenvalue weighted by Crippen LogP contribution is 2.18. The first-order chi connectivity index (χ1) is 15.0. The van der Waals surface area contributed by atoms with E-state index in [1.807, 2.05) is 42.5 Å². The van der Waals surface area contributed by atoms with Gasteiger partial charge in [-0.3, -0.25) is 20.2 Å². The lowest BCUT2D eigenvalue weighted by molar-refractivity contribution is -0.384. The van der Waals surface area contributed by atoms with Crippen LogP contribution in [0.4, 0.5) is 11.4 Å². The highest BCUT2D eigenvalue weighted by Gasteiger charge is 2.05. The Bertz CT molecular complexity index is 1100. The summed E-state index contributed by atoms with van der Waals surface area (Å²) in [5.74, 6) is 0.244. The van der Waals surface area contributed by atoms with Crippen molar-refractivity contribution in [3.8, 4) is 5.75 Å². The zero-order valence-corrected chi connectivity index (χ0v) is 17.2. The molecular weight excluding hydrogens is 414 g/mol. The number of carbonyl (C=O) groups is 1. The largest absolute Gasteiger partial charge is 0.489 e. The molecule has 2 N–H and O–H groups in total. The third kappa shape index (κ3) is 7.06. The Kier molecular flexibility index (Phi) is 7.45. The first-order valence-electron chi connectivity index (χ1n) is 9.31. The smallest absolute Gasteiger partial charge is 0.269 e. The number of nitrogens with one attached hydrogen (secondary N) is 2. The van der Waals surface area contributed by atoms with E-state index in [2.05, 4.69) is 10.6 Å². The van der Waals surface area contributed by atoms with Gasteiger partial charge in [-0.05, 0) is 53.7 Å². The SMILES string of the molecule is O=C(/C=C/c1ccc([N+](=O)[O-])cc1)NC(=S)Nc1cccc(OCc2ccccc2)c1. The summed E-state index contributed by atoms with van der Waals surface area (Å²) in [5, 5.41) is 16.3. The van der Waals surface area contributed by atoms with Crippen LogP contribution in [0.5, 0.6) is 5.75 Å². The molecule has 8 heteroatoms. The summed E-state index contributed by atoms with van der Waals surface area (Å²) in [4.78, 5) is 22.2. The molecule has 3 aromatic rings. The summed E-state index contributed by atoms with van der Waals surface area (Å²) in [6.45, 7) is 0.443. The molecule has 156 valence electrons. The fraction of sp³-hybridized carbons (Fsp3) is 0.0435. The van der Waals surface area contributed by atoms with Gasteiger partial charge in [0.15, 0.2) is 5.11 Å². The van der Waals surface area contributed by atoms with Crippen molar-refractivity contribution in [3.63, 3.8) is 0 Å². The van der Waals surface area contributed by atoms with Gasteiger partial charge in [-0.1, -0.05) is 36.4 Å². The van der Waals surface area contributed by atoms with Crippen LogP contribution in [-0.4, -0.2) is 15.9 Å². The lowest BCUT2D eigenvalue weighted by Gasteiger charge is -2.11. The predicted molar refractivity (Wildman–Crippen MR) is 124 cm³/mol. The van der Waals surface area contributed by atoms with Crippen LogP contribution in [0.15, 0.2) is 84.9 Å².